The van der Waals surface area contributed by atoms with Crippen molar-refractivity contribution in [3.63, 3.8) is 0 Å². The number of nitrogens with zero attached hydrogens (tertiary/aromatic N) is 3. The van der Waals surface area contributed by atoms with E-state index in [4.69, 9.17) is 4.98 Å². The molecule has 0 spiro atoms. The smallest absolute Gasteiger partial charge is 0.227 e. The van der Waals surface area contributed by atoms with Gasteiger partial charge in [-0.3, -0.25) is 0 Å². The van der Waals surface area contributed by atoms with Gasteiger partial charge in [0.2, 0.25) is 5.95 Å². The van der Waals surface area contributed by atoms with E-state index in [2.05, 4.69) is 15.2 Å². The highest BCUT2D eigenvalue weighted by Crippen LogP contribution is 2.27. The van der Waals surface area contributed by atoms with Crippen molar-refractivity contribution in [3.05, 3.63) is 66.5 Å². The van der Waals surface area contributed by atoms with E-state index in [0.717, 1.165) is 37.2 Å². The van der Waals surface area contributed by atoms with E-state index >= 15 is 0 Å². The molecule has 1 aliphatic heterocycles. The molecule has 3 aromatic rings. The van der Waals surface area contributed by atoms with Gasteiger partial charge in [0.25, 0.3) is 0 Å². The Bertz CT molecular complexity index is 861. The summed E-state index contributed by atoms with van der Waals surface area (Å²) in [6, 6.07) is 18.4. The van der Waals surface area contributed by atoms with Crippen molar-refractivity contribution in [1.29, 1.82) is 0 Å². The number of para-hydroxylation sites is 1. The Hall–Kier alpha value is -2.95. The first-order valence-corrected chi connectivity index (χ1v) is 8.50. The molecular weight excluding hydrogens is 315 g/mol. The van der Waals surface area contributed by atoms with Crippen LogP contribution in [0.1, 0.15) is 12.8 Å². The minimum absolute atomic E-state index is 0.301. The highest BCUT2D eigenvalue weighted by Gasteiger charge is 2.17. The summed E-state index contributed by atoms with van der Waals surface area (Å²) in [4.78, 5) is 11.5. The lowest BCUT2D eigenvalue weighted by molar-refractivity contribution is 0.632. The zero-order chi connectivity index (χ0) is 17.1. The van der Waals surface area contributed by atoms with Crippen molar-refractivity contribution >= 4 is 17.5 Å². The monoisotopic (exact) mass is 334 g/mol. The summed E-state index contributed by atoms with van der Waals surface area (Å²) in [6.07, 6.45) is 2.30. The maximum absolute atomic E-state index is 14.0. The fourth-order valence-corrected chi connectivity index (χ4v) is 3.01. The molecule has 25 heavy (non-hydrogen) atoms. The Labute approximate surface area is 146 Å². The Morgan fingerprint density at radius 2 is 1.60 bits per heavy atom. The largest absolute Gasteiger partial charge is 0.341 e. The third-order valence-electron chi connectivity index (χ3n) is 4.31. The molecular formula is C20H19FN4. The molecule has 1 fully saturated rings. The Morgan fingerprint density at radius 3 is 2.36 bits per heavy atom. The van der Waals surface area contributed by atoms with Crippen LogP contribution >= 0.6 is 0 Å². The van der Waals surface area contributed by atoms with E-state index in [1.807, 2.05) is 36.4 Å². The minimum Gasteiger partial charge on any atom is -0.341 e. The first kappa shape index (κ1) is 15.6. The molecule has 0 amide bonds. The highest BCUT2D eigenvalue weighted by molar-refractivity contribution is 5.67. The molecule has 0 radical (unpaired) electrons. The molecule has 5 heteroatoms. The van der Waals surface area contributed by atoms with Gasteiger partial charge >= 0.3 is 0 Å². The Kier molecular flexibility index (Phi) is 4.29. The van der Waals surface area contributed by atoms with Gasteiger partial charge in [-0.1, -0.05) is 42.5 Å². The van der Waals surface area contributed by atoms with E-state index in [1.165, 1.54) is 6.07 Å². The first-order chi connectivity index (χ1) is 12.3. The number of rotatable bonds is 4. The third-order valence-corrected chi connectivity index (χ3v) is 4.31. The molecule has 1 saturated heterocycles. The summed E-state index contributed by atoms with van der Waals surface area (Å²) >= 11 is 0. The lowest BCUT2D eigenvalue weighted by atomic mass is 10.1. The molecule has 1 N–H and O–H groups in total. The van der Waals surface area contributed by atoms with E-state index < -0.39 is 0 Å². The summed E-state index contributed by atoms with van der Waals surface area (Å²) in [5.74, 6) is 0.989. The van der Waals surface area contributed by atoms with Gasteiger partial charge in [-0.25, -0.2) is 9.37 Å². The number of benzene rings is 2. The van der Waals surface area contributed by atoms with E-state index in [0.29, 0.717) is 17.5 Å². The second kappa shape index (κ2) is 6.89. The molecule has 0 aliphatic carbocycles. The van der Waals surface area contributed by atoms with Gasteiger partial charge in [0.1, 0.15) is 11.6 Å². The van der Waals surface area contributed by atoms with E-state index in [9.17, 15) is 4.39 Å². The lowest BCUT2D eigenvalue weighted by Crippen LogP contribution is -2.21. The van der Waals surface area contributed by atoms with Gasteiger partial charge in [-0.2, -0.15) is 4.98 Å². The molecule has 0 bridgehead atoms. The predicted molar refractivity (Wildman–Crippen MR) is 98.6 cm³/mol. The van der Waals surface area contributed by atoms with Gasteiger partial charge in [0, 0.05) is 24.7 Å². The Balaban J connectivity index is 1.74. The Morgan fingerprint density at radius 1 is 0.880 bits per heavy atom. The van der Waals surface area contributed by atoms with Crippen LogP contribution in [0.25, 0.3) is 11.3 Å². The molecule has 1 aliphatic rings. The van der Waals surface area contributed by atoms with Crippen LogP contribution in [0, 0.1) is 5.82 Å². The van der Waals surface area contributed by atoms with E-state index in [1.54, 1.807) is 18.2 Å². The van der Waals surface area contributed by atoms with Gasteiger partial charge in [0.15, 0.2) is 0 Å². The number of nitrogens with one attached hydrogen (secondary N) is 1. The van der Waals surface area contributed by atoms with Crippen LogP contribution in [-0.2, 0) is 0 Å². The van der Waals surface area contributed by atoms with Crippen molar-refractivity contribution in [2.24, 2.45) is 0 Å². The SMILES string of the molecule is Fc1ccccc1Nc1cc(-c2ccccc2)nc(N2CCCC2)n1. The van der Waals surface area contributed by atoms with Crippen LogP contribution in [0.15, 0.2) is 60.7 Å². The summed E-state index contributed by atoms with van der Waals surface area (Å²) in [6.45, 7) is 1.91. The minimum atomic E-state index is -0.301. The standard InChI is InChI=1S/C20H19FN4/c21-16-10-4-5-11-17(16)22-19-14-18(15-8-2-1-3-9-15)23-20(24-19)25-12-6-7-13-25/h1-5,8-11,14H,6-7,12-13H2,(H,22,23,24). The second-order valence-electron chi connectivity index (χ2n) is 6.10. The van der Waals surface area contributed by atoms with Crippen molar-refractivity contribution in [3.8, 4) is 11.3 Å². The topological polar surface area (TPSA) is 41.1 Å². The van der Waals surface area contributed by atoms with Gasteiger partial charge in [-0.15, -0.1) is 0 Å². The fourth-order valence-electron chi connectivity index (χ4n) is 3.01. The zero-order valence-electron chi connectivity index (χ0n) is 13.8. The summed E-state index contributed by atoms with van der Waals surface area (Å²) in [5, 5.41) is 3.09. The second-order valence-corrected chi connectivity index (χ2v) is 6.10. The van der Waals surface area contributed by atoms with Crippen molar-refractivity contribution < 1.29 is 4.39 Å². The van der Waals surface area contributed by atoms with Gasteiger partial charge < -0.3 is 10.2 Å². The molecule has 2 heterocycles. The number of anilines is 3. The molecule has 2 aromatic carbocycles. The first-order valence-electron chi connectivity index (χ1n) is 8.50. The molecule has 1 aromatic heterocycles. The molecule has 4 rings (SSSR count). The van der Waals surface area contributed by atoms with Gasteiger partial charge in [-0.05, 0) is 25.0 Å². The maximum atomic E-state index is 14.0. The number of halogens is 1. The molecule has 126 valence electrons. The van der Waals surface area contributed by atoms with Crippen molar-refractivity contribution in [2.45, 2.75) is 12.8 Å². The van der Waals surface area contributed by atoms with Crippen LogP contribution in [0.2, 0.25) is 0 Å². The van der Waals surface area contributed by atoms with Crippen LogP contribution in [0.5, 0.6) is 0 Å². The fraction of sp³-hybridized carbons (Fsp3) is 0.200. The van der Waals surface area contributed by atoms with Crippen LogP contribution in [0.3, 0.4) is 0 Å². The third kappa shape index (κ3) is 3.45. The number of hydrogen-bond acceptors (Lipinski definition) is 4. The molecule has 0 atom stereocenters. The molecule has 0 saturated carbocycles. The van der Waals surface area contributed by atoms with Crippen molar-refractivity contribution in [1.82, 2.24) is 9.97 Å². The van der Waals surface area contributed by atoms with Crippen LogP contribution in [-0.4, -0.2) is 23.1 Å². The lowest BCUT2D eigenvalue weighted by Gasteiger charge is -2.18. The van der Waals surface area contributed by atoms with Crippen LogP contribution < -0.4 is 10.2 Å². The van der Waals surface area contributed by atoms with Crippen molar-refractivity contribution in [2.75, 3.05) is 23.3 Å². The average Bonchev–Trinajstić information content (AvgIpc) is 3.19. The van der Waals surface area contributed by atoms with Gasteiger partial charge in [0.05, 0.1) is 11.4 Å². The summed E-state index contributed by atoms with van der Waals surface area (Å²) in [7, 11) is 0. The predicted octanol–water partition coefficient (Wildman–Crippen LogP) is 4.63. The molecule has 0 unspecified atom stereocenters. The maximum Gasteiger partial charge on any atom is 0.227 e. The quantitative estimate of drug-likeness (QED) is 0.755. The number of aromatic nitrogens is 2. The van der Waals surface area contributed by atoms with E-state index in [-0.39, 0.29) is 5.82 Å². The summed E-state index contributed by atoms with van der Waals surface area (Å²) < 4.78 is 14.0. The zero-order valence-corrected chi connectivity index (χ0v) is 13.8. The summed E-state index contributed by atoms with van der Waals surface area (Å²) in [5.41, 5.74) is 2.26. The highest BCUT2D eigenvalue weighted by atomic mass is 19.1. The van der Waals surface area contributed by atoms with Crippen LogP contribution in [0.4, 0.5) is 21.8 Å². The number of hydrogen-bond donors (Lipinski definition) is 1. The average molecular weight is 334 g/mol. The molecule has 4 nitrogen and oxygen atoms in total. The normalized spacial score (nSPS) is 13.9.